The Morgan fingerprint density at radius 1 is 1.40 bits per heavy atom. The largest absolute Gasteiger partial charge is 0.444 e. The molecule has 0 spiro atoms. The summed E-state index contributed by atoms with van der Waals surface area (Å²) in [6.07, 6.45) is 2.50. The van der Waals surface area contributed by atoms with E-state index in [0.29, 0.717) is 0 Å². The average molecular weight is 295 g/mol. The number of rotatable bonds is 2. The molecule has 1 aromatic heterocycles. The van der Waals surface area contributed by atoms with Gasteiger partial charge < -0.3 is 10.1 Å². The summed E-state index contributed by atoms with van der Waals surface area (Å²) in [7, 11) is 0. The number of carbonyl (C=O) groups is 2. The Kier molecular flexibility index (Phi) is 4.18. The molecule has 1 aromatic rings. The molecule has 1 atom stereocenters. The van der Waals surface area contributed by atoms with Crippen molar-refractivity contribution in [3.8, 4) is 0 Å². The molecule has 0 aliphatic heterocycles. The zero-order chi connectivity index (χ0) is 14.9. The van der Waals surface area contributed by atoms with E-state index in [1.54, 1.807) is 18.3 Å². The third-order valence-electron chi connectivity index (χ3n) is 3.15. The van der Waals surface area contributed by atoms with Crippen LogP contribution in [0.5, 0.6) is 0 Å². The number of hydrogen-bond donors (Lipinski definition) is 1. The van der Waals surface area contributed by atoms with Gasteiger partial charge in [0.2, 0.25) is 0 Å². The van der Waals surface area contributed by atoms with Crippen LogP contribution in [0.2, 0.25) is 0 Å². The quantitative estimate of drug-likeness (QED) is 0.843. The van der Waals surface area contributed by atoms with Gasteiger partial charge in [-0.1, -0.05) is 0 Å². The summed E-state index contributed by atoms with van der Waals surface area (Å²) < 4.78 is 5.30. The molecule has 0 saturated carbocycles. The van der Waals surface area contributed by atoms with Gasteiger partial charge in [0.15, 0.2) is 5.78 Å². The third kappa shape index (κ3) is 3.60. The van der Waals surface area contributed by atoms with Crippen LogP contribution in [-0.2, 0) is 11.2 Å². The summed E-state index contributed by atoms with van der Waals surface area (Å²) in [5.74, 6) is 0.0837. The molecule has 0 fully saturated rings. The van der Waals surface area contributed by atoms with E-state index in [4.69, 9.17) is 4.74 Å². The minimum Gasteiger partial charge on any atom is -0.444 e. The van der Waals surface area contributed by atoms with Crippen LogP contribution in [0.1, 0.15) is 66.7 Å². The molecular weight excluding hydrogens is 274 g/mol. The Labute approximate surface area is 123 Å². The van der Waals surface area contributed by atoms with Gasteiger partial charge in [0.05, 0.1) is 10.9 Å². The molecule has 5 heteroatoms. The summed E-state index contributed by atoms with van der Waals surface area (Å²) in [5, 5.41) is 2.92. The smallest absolute Gasteiger partial charge is 0.408 e. The van der Waals surface area contributed by atoms with Crippen LogP contribution in [0.15, 0.2) is 6.07 Å². The molecule has 0 radical (unpaired) electrons. The van der Waals surface area contributed by atoms with Crippen molar-refractivity contribution in [2.45, 2.75) is 58.6 Å². The molecule has 110 valence electrons. The number of thiophene rings is 1. The summed E-state index contributed by atoms with van der Waals surface area (Å²) in [4.78, 5) is 25.3. The van der Waals surface area contributed by atoms with Crippen LogP contribution in [0.4, 0.5) is 4.79 Å². The van der Waals surface area contributed by atoms with Crippen LogP contribution in [0.3, 0.4) is 0 Å². The van der Waals surface area contributed by atoms with Gasteiger partial charge in [-0.15, -0.1) is 11.3 Å². The number of ether oxygens (including phenoxy) is 1. The number of nitrogens with one attached hydrogen (secondary N) is 1. The molecule has 1 unspecified atom stereocenters. The Morgan fingerprint density at radius 2 is 2.10 bits per heavy atom. The first-order chi connectivity index (χ1) is 9.26. The van der Waals surface area contributed by atoms with E-state index in [1.807, 2.05) is 26.8 Å². The van der Waals surface area contributed by atoms with Gasteiger partial charge in [-0.2, -0.15) is 0 Å². The zero-order valence-corrected chi connectivity index (χ0v) is 13.2. The first-order valence-corrected chi connectivity index (χ1v) is 7.71. The third-order valence-corrected chi connectivity index (χ3v) is 4.46. The van der Waals surface area contributed by atoms with Crippen molar-refractivity contribution in [1.82, 2.24) is 5.32 Å². The van der Waals surface area contributed by atoms with Crippen molar-refractivity contribution in [2.75, 3.05) is 0 Å². The first kappa shape index (κ1) is 15.0. The highest BCUT2D eigenvalue weighted by molar-refractivity contribution is 7.14. The second-order valence-corrected chi connectivity index (χ2v) is 7.27. The molecular formula is C15H21NO3S. The summed E-state index contributed by atoms with van der Waals surface area (Å²) in [6, 6.07) is 1.88. The van der Waals surface area contributed by atoms with Crippen molar-refractivity contribution in [3.63, 3.8) is 0 Å². The summed E-state index contributed by atoms with van der Waals surface area (Å²) in [6.45, 7) is 7.11. The SMILES string of the molecule is CC(=O)c1cc2c(s1)CCCC2NC(=O)OC(C)(C)C. The fourth-order valence-electron chi connectivity index (χ4n) is 2.33. The number of hydrogen-bond acceptors (Lipinski definition) is 4. The van der Waals surface area contributed by atoms with Gasteiger partial charge >= 0.3 is 6.09 Å². The van der Waals surface area contributed by atoms with Crippen LogP contribution in [0.25, 0.3) is 0 Å². The normalized spacial score (nSPS) is 18.3. The maximum atomic E-state index is 11.9. The first-order valence-electron chi connectivity index (χ1n) is 6.89. The van der Waals surface area contributed by atoms with Gasteiger partial charge in [0.1, 0.15) is 5.60 Å². The van der Waals surface area contributed by atoms with Crippen molar-refractivity contribution >= 4 is 23.2 Å². The van der Waals surface area contributed by atoms with Crippen LogP contribution in [0, 0.1) is 0 Å². The highest BCUT2D eigenvalue weighted by atomic mass is 32.1. The van der Waals surface area contributed by atoms with Crippen LogP contribution >= 0.6 is 11.3 Å². The monoisotopic (exact) mass is 295 g/mol. The van der Waals surface area contributed by atoms with Gasteiger partial charge in [-0.05, 0) is 58.6 Å². The Balaban J connectivity index is 2.12. The number of carbonyl (C=O) groups excluding carboxylic acids is 2. The van der Waals surface area contributed by atoms with Crippen molar-refractivity contribution in [3.05, 3.63) is 21.4 Å². The van der Waals surface area contributed by atoms with Crippen LogP contribution in [-0.4, -0.2) is 17.5 Å². The van der Waals surface area contributed by atoms with Crippen molar-refractivity contribution < 1.29 is 14.3 Å². The van der Waals surface area contributed by atoms with Crippen molar-refractivity contribution in [2.24, 2.45) is 0 Å². The molecule has 1 aliphatic carbocycles. The van der Waals surface area contributed by atoms with E-state index in [-0.39, 0.29) is 11.8 Å². The maximum absolute atomic E-state index is 11.9. The molecule has 2 rings (SSSR count). The lowest BCUT2D eigenvalue weighted by Crippen LogP contribution is -2.35. The number of amides is 1. The molecule has 1 aliphatic rings. The fourth-order valence-corrected chi connectivity index (χ4v) is 3.49. The highest BCUT2D eigenvalue weighted by Gasteiger charge is 2.27. The number of fused-ring (bicyclic) bond motifs is 1. The Bertz CT molecular complexity index is 528. The van der Waals surface area contributed by atoms with Gasteiger partial charge in [-0.25, -0.2) is 4.79 Å². The van der Waals surface area contributed by atoms with E-state index in [0.717, 1.165) is 29.7 Å². The Morgan fingerprint density at radius 3 is 2.70 bits per heavy atom. The molecule has 1 N–H and O–H groups in total. The van der Waals surface area contributed by atoms with E-state index in [2.05, 4.69) is 5.32 Å². The Hall–Kier alpha value is -1.36. The molecule has 20 heavy (non-hydrogen) atoms. The fraction of sp³-hybridized carbons (Fsp3) is 0.600. The molecule has 0 bridgehead atoms. The van der Waals surface area contributed by atoms with Gasteiger partial charge in [-0.3, -0.25) is 4.79 Å². The minimum atomic E-state index is -0.499. The maximum Gasteiger partial charge on any atom is 0.408 e. The molecule has 1 amide bonds. The molecule has 0 saturated heterocycles. The van der Waals surface area contributed by atoms with E-state index in [1.165, 1.54) is 4.88 Å². The lowest BCUT2D eigenvalue weighted by atomic mass is 9.93. The second kappa shape index (κ2) is 5.56. The lowest BCUT2D eigenvalue weighted by molar-refractivity contribution is 0.0499. The van der Waals surface area contributed by atoms with E-state index >= 15 is 0 Å². The van der Waals surface area contributed by atoms with Gasteiger partial charge in [0, 0.05) is 4.88 Å². The number of ketones is 1. The van der Waals surface area contributed by atoms with E-state index < -0.39 is 11.7 Å². The summed E-state index contributed by atoms with van der Waals surface area (Å²) >= 11 is 1.55. The predicted octanol–water partition coefficient (Wildman–Crippen LogP) is 3.85. The summed E-state index contributed by atoms with van der Waals surface area (Å²) in [5.41, 5.74) is 0.582. The average Bonchev–Trinajstić information content (AvgIpc) is 2.71. The topological polar surface area (TPSA) is 55.4 Å². The number of alkyl carbamates (subject to hydrolysis) is 1. The van der Waals surface area contributed by atoms with Crippen LogP contribution < -0.4 is 5.32 Å². The second-order valence-electron chi connectivity index (χ2n) is 6.14. The number of aryl methyl sites for hydroxylation is 1. The highest BCUT2D eigenvalue weighted by Crippen LogP contribution is 2.36. The minimum absolute atomic E-state index is 0.0436. The van der Waals surface area contributed by atoms with Gasteiger partial charge in [0.25, 0.3) is 0 Å². The molecule has 0 aromatic carbocycles. The van der Waals surface area contributed by atoms with Crippen molar-refractivity contribution in [1.29, 1.82) is 0 Å². The molecule has 4 nitrogen and oxygen atoms in total. The number of Topliss-reactive ketones (excluding diaryl/α,β-unsaturated/α-hetero) is 1. The molecule has 1 heterocycles. The predicted molar refractivity (Wildman–Crippen MR) is 79.4 cm³/mol. The van der Waals surface area contributed by atoms with E-state index in [9.17, 15) is 9.59 Å². The standard InChI is InChI=1S/C15H21NO3S/c1-9(17)13-8-10-11(6-5-7-12(10)20-13)16-14(18)19-15(2,3)4/h8,11H,5-7H2,1-4H3,(H,16,18). The lowest BCUT2D eigenvalue weighted by Gasteiger charge is -2.26. The zero-order valence-electron chi connectivity index (χ0n) is 12.4.